The quantitative estimate of drug-likeness (QED) is 0.695. The summed E-state index contributed by atoms with van der Waals surface area (Å²) in [6.07, 6.45) is 4.58. The summed E-state index contributed by atoms with van der Waals surface area (Å²) in [7, 11) is 0. The number of anilines is 1. The van der Waals surface area contributed by atoms with Crippen LogP contribution in [-0.2, 0) is 17.8 Å². The van der Waals surface area contributed by atoms with E-state index in [0.29, 0.717) is 12.5 Å². The first-order valence-corrected chi connectivity index (χ1v) is 9.14. The van der Waals surface area contributed by atoms with E-state index in [4.69, 9.17) is 4.74 Å². The van der Waals surface area contributed by atoms with Crippen molar-refractivity contribution in [3.05, 3.63) is 41.2 Å². The van der Waals surface area contributed by atoms with E-state index in [0.717, 1.165) is 73.2 Å². The molecule has 1 saturated heterocycles. The van der Waals surface area contributed by atoms with Crippen LogP contribution in [0.5, 0.6) is 0 Å². The Morgan fingerprint density at radius 3 is 2.88 bits per heavy atom. The molecule has 3 aromatic rings. The number of hydrogen-bond donors (Lipinski definition) is 0. The molecular formula is C18H21N7O. The van der Waals surface area contributed by atoms with Crippen LogP contribution in [-0.4, -0.2) is 49.5 Å². The molecule has 1 fully saturated rings. The summed E-state index contributed by atoms with van der Waals surface area (Å²) in [6.45, 7) is 5.23. The van der Waals surface area contributed by atoms with Gasteiger partial charge in [-0.05, 0) is 31.9 Å². The highest BCUT2D eigenvalue weighted by molar-refractivity contribution is 5.49. The molecule has 5 heterocycles. The Morgan fingerprint density at radius 1 is 1.12 bits per heavy atom. The number of hydrogen-bond acceptors (Lipinski definition) is 7. The highest BCUT2D eigenvalue weighted by atomic mass is 16.5. The number of fused-ring (bicyclic) bond motifs is 2. The van der Waals surface area contributed by atoms with Crippen LogP contribution in [0.2, 0.25) is 0 Å². The third-order valence-electron chi connectivity index (χ3n) is 5.32. The van der Waals surface area contributed by atoms with Gasteiger partial charge in [0, 0.05) is 31.0 Å². The van der Waals surface area contributed by atoms with Crippen molar-refractivity contribution < 1.29 is 4.74 Å². The lowest BCUT2D eigenvalue weighted by Gasteiger charge is -2.34. The van der Waals surface area contributed by atoms with Gasteiger partial charge >= 0.3 is 0 Å². The van der Waals surface area contributed by atoms with Gasteiger partial charge in [-0.1, -0.05) is 0 Å². The Hall–Kier alpha value is -2.61. The van der Waals surface area contributed by atoms with Gasteiger partial charge in [0.15, 0.2) is 11.5 Å². The SMILES string of the molecule is Cc1ccc2nnc(C3CCN(c4ncnc5c4COCC5)CC3)n2n1. The smallest absolute Gasteiger partial charge is 0.177 e. The van der Waals surface area contributed by atoms with Gasteiger partial charge in [-0.25, -0.2) is 9.97 Å². The molecule has 8 nitrogen and oxygen atoms in total. The van der Waals surface area contributed by atoms with E-state index in [1.54, 1.807) is 6.33 Å². The molecular weight excluding hydrogens is 330 g/mol. The molecule has 0 aliphatic carbocycles. The first-order valence-electron chi connectivity index (χ1n) is 9.14. The molecule has 26 heavy (non-hydrogen) atoms. The van der Waals surface area contributed by atoms with Crippen molar-refractivity contribution >= 4 is 11.5 Å². The zero-order valence-electron chi connectivity index (χ0n) is 14.8. The monoisotopic (exact) mass is 351 g/mol. The van der Waals surface area contributed by atoms with Gasteiger partial charge in [-0.15, -0.1) is 10.2 Å². The summed E-state index contributed by atoms with van der Waals surface area (Å²) < 4.78 is 7.53. The lowest BCUT2D eigenvalue weighted by atomic mass is 9.95. The van der Waals surface area contributed by atoms with Crippen LogP contribution in [0.4, 0.5) is 5.82 Å². The van der Waals surface area contributed by atoms with E-state index in [1.807, 2.05) is 23.6 Å². The Bertz CT molecular complexity index is 946. The first-order chi connectivity index (χ1) is 12.8. The Kier molecular flexibility index (Phi) is 3.77. The van der Waals surface area contributed by atoms with Crippen LogP contribution in [0.1, 0.15) is 41.5 Å². The summed E-state index contributed by atoms with van der Waals surface area (Å²) in [5.41, 5.74) is 4.08. The molecule has 0 bridgehead atoms. The Labute approximate surface area is 151 Å². The molecule has 0 radical (unpaired) electrons. The highest BCUT2D eigenvalue weighted by Crippen LogP contribution is 2.31. The zero-order valence-corrected chi connectivity index (χ0v) is 14.8. The van der Waals surface area contributed by atoms with Crippen molar-refractivity contribution in [1.29, 1.82) is 0 Å². The molecule has 5 rings (SSSR count). The number of aromatic nitrogens is 6. The minimum atomic E-state index is 0.365. The van der Waals surface area contributed by atoms with Crippen molar-refractivity contribution in [2.45, 2.75) is 38.7 Å². The molecule has 0 spiro atoms. The average Bonchev–Trinajstić information content (AvgIpc) is 3.11. The molecule has 0 unspecified atom stereocenters. The van der Waals surface area contributed by atoms with Crippen LogP contribution >= 0.6 is 0 Å². The lowest BCUT2D eigenvalue weighted by molar-refractivity contribution is 0.109. The second-order valence-electron chi connectivity index (χ2n) is 6.99. The molecule has 2 aliphatic rings. The van der Waals surface area contributed by atoms with E-state index < -0.39 is 0 Å². The van der Waals surface area contributed by atoms with Crippen molar-refractivity contribution in [3.8, 4) is 0 Å². The molecule has 0 aromatic carbocycles. The van der Waals surface area contributed by atoms with E-state index in [-0.39, 0.29) is 0 Å². The van der Waals surface area contributed by atoms with Crippen LogP contribution in [0.15, 0.2) is 18.5 Å². The fourth-order valence-electron chi connectivity index (χ4n) is 3.92. The average molecular weight is 351 g/mol. The first kappa shape index (κ1) is 15.6. The van der Waals surface area contributed by atoms with Gasteiger partial charge in [0.1, 0.15) is 12.1 Å². The maximum atomic E-state index is 5.63. The highest BCUT2D eigenvalue weighted by Gasteiger charge is 2.28. The predicted octanol–water partition coefficient (Wildman–Crippen LogP) is 1.68. The fourth-order valence-corrected chi connectivity index (χ4v) is 3.92. The third-order valence-corrected chi connectivity index (χ3v) is 5.32. The number of ether oxygens (including phenoxy) is 1. The van der Waals surface area contributed by atoms with Crippen LogP contribution in [0, 0.1) is 6.92 Å². The lowest BCUT2D eigenvalue weighted by Crippen LogP contribution is -2.35. The molecule has 0 atom stereocenters. The number of rotatable bonds is 2. The largest absolute Gasteiger partial charge is 0.376 e. The van der Waals surface area contributed by atoms with Crippen molar-refractivity contribution in [3.63, 3.8) is 0 Å². The Morgan fingerprint density at radius 2 is 2.00 bits per heavy atom. The van der Waals surface area contributed by atoms with Gasteiger partial charge in [0.25, 0.3) is 0 Å². The standard InChI is InChI=1S/C18H21N7O/c1-12-2-3-16-21-22-17(25(16)23-12)13-4-7-24(8-5-13)18-14-10-26-9-6-15(14)19-11-20-18/h2-3,11,13H,4-10H2,1H3. The second-order valence-corrected chi connectivity index (χ2v) is 6.99. The van der Waals surface area contributed by atoms with Crippen molar-refractivity contribution in [2.24, 2.45) is 0 Å². The van der Waals surface area contributed by atoms with Gasteiger partial charge in [-0.2, -0.15) is 9.61 Å². The van der Waals surface area contributed by atoms with Crippen molar-refractivity contribution in [1.82, 2.24) is 29.8 Å². The summed E-state index contributed by atoms with van der Waals surface area (Å²) in [5, 5.41) is 13.3. The molecule has 8 heteroatoms. The molecule has 0 saturated carbocycles. The summed E-state index contributed by atoms with van der Waals surface area (Å²) >= 11 is 0. The normalized spacial score (nSPS) is 18.3. The number of piperidine rings is 1. The summed E-state index contributed by atoms with van der Waals surface area (Å²) in [6, 6.07) is 3.94. The maximum absolute atomic E-state index is 5.63. The van der Waals surface area contributed by atoms with E-state index in [2.05, 4.69) is 30.2 Å². The zero-order chi connectivity index (χ0) is 17.5. The number of aryl methyl sites for hydroxylation is 1. The summed E-state index contributed by atoms with van der Waals surface area (Å²) in [5.74, 6) is 2.37. The van der Waals surface area contributed by atoms with Crippen LogP contribution in [0.3, 0.4) is 0 Å². The van der Waals surface area contributed by atoms with E-state index >= 15 is 0 Å². The Balaban J connectivity index is 1.37. The molecule has 0 N–H and O–H groups in total. The minimum Gasteiger partial charge on any atom is -0.376 e. The summed E-state index contributed by atoms with van der Waals surface area (Å²) in [4.78, 5) is 11.3. The molecule has 2 aliphatic heterocycles. The van der Waals surface area contributed by atoms with Crippen molar-refractivity contribution in [2.75, 3.05) is 24.6 Å². The topological polar surface area (TPSA) is 81.3 Å². The molecule has 134 valence electrons. The van der Waals surface area contributed by atoms with Gasteiger partial charge in [0.05, 0.1) is 24.6 Å². The number of nitrogens with zero attached hydrogens (tertiary/aromatic N) is 7. The second kappa shape index (κ2) is 6.28. The van der Waals surface area contributed by atoms with Gasteiger partial charge in [0.2, 0.25) is 0 Å². The molecule has 0 amide bonds. The van der Waals surface area contributed by atoms with Gasteiger partial charge < -0.3 is 9.64 Å². The van der Waals surface area contributed by atoms with Crippen LogP contribution < -0.4 is 4.90 Å². The predicted molar refractivity (Wildman–Crippen MR) is 95.1 cm³/mol. The minimum absolute atomic E-state index is 0.365. The van der Waals surface area contributed by atoms with Gasteiger partial charge in [-0.3, -0.25) is 0 Å². The molecule has 3 aromatic heterocycles. The van der Waals surface area contributed by atoms with E-state index in [9.17, 15) is 0 Å². The third kappa shape index (κ3) is 2.61. The van der Waals surface area contributed by atoms with E-state index in [1.165, 1.54) is 0 Å². The maximum Gasteiger partial charge on any atom is 0.177 e. The fraction of sp³-hybridized carbons (Fsp3) is 0.500. The van der Waals surface area contributed by atoms with Crippen LogP contribution in [0.25, 0.3) is 5.65 Å².